The van der Waals surface area contributed by atoms with Crippen LogP contribution in [0.2, 0.25) is 0 Å². The van der Waals surface area contributed by atoms with Crippen LogP contribution in [0.25, 0.3) is 10.9 Å². The van der Waals surface area contributed by atoms with Gasteiger partial charge in [-0.05, 0) is 24.1 Å². The van der Waals surface area contributed by atoms with Crippen LogP contribution in [0.5, 0.6) is 0 Å². The second-order valence-electron chi connectivity index (χ2n) is 3.92. The number of aliphatic hydroxyl groups excluding tert-OH is 1. The van der Waals surface area contributed by atoms with E-state index >= 15 is 0 Å². The molecule has 1 aliphatic heterocycles. The average Bonchev–Trinajstić information content (AvgIpc) is 2.67. The molecule has 1 aromatic carbocycles. The molecule has 1 aliphatic rings. The number of pyridine rings is 1. The minimum atomic E-state index is 0.129. The molecule has 3 rings (SSSR count). The van der Waals surface area contributed by atoms with Crippen LogP contribution >= 0.6 is 0 Å². The molecule has 1 aromatic heterocycles. The zero-order valence-corrected chi connectivity index (χ0v) is 8.27. The van der Waals surface area contributed by atoms with Gasteiger partial charge in [0.2, 0.25) is 0 Å². The zero-order valence-electron chi connectivity index (χ0n) is 8.27. The molecule has 76 valence electrons. The Balaban J connectivity index is 2.14. The van der Waals surface area contributed by atoms with Gasteiger partial charge in [0.05, 0.1) is 18.2 Å². The van der Waals surface area contributed by atoms with Gasteiger partial charge < -0.3 is 10.4 Å². The Hall–Kier alpha value is -1.61. The first-order valence-corrected chi connectivity index (χ1v) is 5.13. The van der Waals surface area contributed by atoms with E-state index < -0.39 is 0 Å². The second kappa shape index (κ2) is 3.21. The predicted octanol–water partition coefficient (Wildman–Crippen LogP) is 1.56. The Kier molecular flexibility index (Phi) is 1.86. The molecule has 15 heavy (non-hydrogen) atoms. The maximum atomic E-state index is 9.09. The third-order valence-electron chi connectivity index (χ3n) is 2.83. The molecule has 1 unspecified atom stereocenters. The maximum Gasteiger partial charge on any atom is 0.130 e. The van der Waals surface area contributed by atoms with Gasteiger partial charge in [-0.3, -0.25) is 0 Å². The SMILES string of the molecule is OCC1Cc2cc3ccccc3nc2N1. The van der Waals surface area contributed by atoms with Gasteiger partial charge in [0.1, 0.15) is 5.82 Å². The fraction of sp³-hybridized carbons (Fsp3) is 0.250. The summed E-state index contributed by atoms with van der Waals surface area (Å²) in [6, 6.07) is 10.4. The van der Waals surface area contributed by atoms with Crippen LogP contribution in [-0.4, -0.2) is 22.7 Å². The Labute approximate surface area is 87.8 Å². The third kappa shape index (κ3) is 1.36. The highest BCUT2D eigenvalue weighted by atomic mass is 16.3. The summed E-state index contributed by atoms with van der Waals surface area (Å²) in [6.07, 6.45) is 0.865. The molecule has 0 radical (unpaired) electrons. The van der Waals surface area contributed by atoms with E-state index in [9.17, 15) is 0 Å². The largest absolute Gasteiger partial charge is 0.394 e. The van der Waals surface area contributed by atoms with E-state index in [4.69, 9.17) is 5.11 Å². The first kappa shape index (κ1) is 8.68. The number of rotatable bonds is 1. The van der Waals surface area contributed by atoms with Crippen LogP contribution in [-0.2, 0) is 6.42 Å². The molecule has 1 atom stereocenters. The third-order valence-corrected chi connectivity index (χ3v) is 2.83. The Bertz CT molecular complexity index is 465. The Morgan fingerprint density at radius 2 is 2.27 bits per heavy atom. The molecule has 0 spiro atoms. The number of aromatic nitrogens is 1. The van der Waals surface area contributed by atoms with Gasteiger partial charge in [0, 0.05) is 5.39 Å². The maximum absolute atomic E-state index is 9.09. The van der Waals surface area contributed by atoms with Crippen molar-refractivity contribution in [1.29, 1.82) is 0 Å². The van der Waals surface area contributed by atoms with Gasteiger partial charge in [-0.1, -0.05) is 18.2 Å². The molecule has 0 saturated heterocycles. The molecule has 3 heteroatoms. The zero-order chi connectivity index (χ0) is 10.3. The predicted molar refractivity (Wildman–Crippen MR) is 59.9 cm³/mol. The normalized spacial score (nSPS) is 18.9. The highest BCUT2D eigenvalue weighted by Gasteiger charge is 2.21. The van der Waals surface area contributed by atoms with Crippen LogP contribution in [0, 0.1) is 0 Å². The molecule has 0 saturated carbocycles. The Morgan fingerprint density at radius 1 is 1.40 bits per heavy atom. The molecule has 3 nitrogen and oxygen atoms in total. The molecule has 2 N–H and O–H groups in total. The summed E-state index contributed by atoms with van der Waals surface area (Å²) in [5, 5.41) is 13.5. The number of nitrogens with zero attached hydrogens (tertiary/aromatic N) is 1. The first-order valence-electron chi connectivity index (χ1n) is 5.13. The van der Waals surface area contributed by atoms with Crippen molar-refractivity contribution in [3.63, 3.8) is 0 Å². The van der Waals surface area contributed by atoms with E-state index in [2.05, 4.69) is 22.4 Å². The highest BCUT2D eigenvalue weighted by molar-refractivity contribution is 5.82. The van der Waals surface area contributed by atoms with Crippen molar-refractivity contribution in [3.8, 4) is 0 Å². The van der Waals surface area contributed by atoms with Crippen molar-refractivity contribution >= 4 is 16.7 Å². The monoisotopic (exact) mass is 200 g/mol. The van der Waals surface area contributed by atoms with Crippen LogP contribution in [0.4, 0.5) is 5.82 Å². The number of aliphatic hydroxyl groups is 1. The number of nitrogens with one attached hydrogen (secondary N) is 1. The number of benzene rings is 1. The molecular formula is C12H12N2O. The summed E-state index contributed by atoms with van der Waals surface area (Å²) in [5.74, 6) is 0.924. The summed E-state index contributed by atoms with van der Waals surface area (Å²) < 4.78 is 0. The number of hydrogen-bond acceptors (Lipinski definition) is 3. The van der Waals surface area contributed by atoms with Crippen molar-refractivity contribution in [2.45, 2.75) is 12.5 Å². The smallest absolute Gasteiger partial charge is 0.130 e. The number of anilines is 1. The highest BCUT2D eigenvalue weighted by Crippen LogP contribution is 2.27. The molecule has 2 aromatic rings. The first-order chi connectivity index (χ1) is 7.36. The molecule has 0 bridgehead atoms. The Morgan fingerprint density at radius 3 is 3.13 bits per heavy atom. The molecular weight excluding hydrogens is 188 g/mol. The standard InChI is InChI=1S/C12H12N2O/c15-7-10-6-9-5-8-3-1-2-4-11(8)14-12(9)13-10/h1-5,10,15H,6-7H2,(H,13,14). The lowest BCUT2D eigenvalue weighted by atomic mass is 10.1. The summed E-state index contributed by atoms with van der Waals surface area (Å²) >= 11 is 0. The van der Waals surface area contributed by atoms with Crippen LogP contribution < -0.4 is 5.32 Å². The topological polar surface area (TPSA) is 45.2 Å². The van der Waals surface area contributed by atoms with Gasteiger partial charge in [0.15, 0.2) is 0 Å². The fourth-order valence-electron chi connectivity index (χ4n) is 2.06. The average molecular weight is 200 g/mol. The minimum Gasteiger partial charge on any atom is -0.394 e. The van der Waals surface area contributed by atoms with Crippen molar-refractivity contribution in [2.75, 3.05) is 11.9 Å². The van der Waals surface area contributed by atoms with Crippen LogP contribution in [0.1, 0.15) is 5.56 Å². The lowest BCUT2D eigenvalue weighted by molar-refractivity contribution is 0.277. The van der Waals surface area contributed by atoms with Crippen molar-refractivity contribution in [2.24, 2.45) is 0 Å². The van der Waals surface area contributed by atoms with Crippen LogP contribution in [0.3, 0.4) is 0 Å². The second-order valence-corrected chi connectivity index (χ2v) is 3.92. The van der Waals surface area contributed by atoms with E-state index in [1.54, 1.807) is 0 Å². The molecule has 2 heterocycles. The fourth-order valence-corrected chi connectivity index (χ4v) is 2.06. The number of hydrogen-bond donors (Lipinski definition) is 2. The van der Waals surface area contributed by atoms with Crippen molar-refractivity contribution in [3.05, 3.63) is 35.9 Å². The lowest BCUT2D eigenvalue weighted by Crippen LogP contribution is -2.19. The van der Waals surface area contributed by atoms with E-state index in [-0.39, 0.29) is 12.6 Å². The van der Waals surface area contributed by atoms with Crippen LogP contribution in [0.15, 0.2) is 30.3 Å². The number of fused-ring (bicyclic) bond motifs is 2. The quantitative estimate of drug-likeness (QED) is 0.734. The van der Waals surface area contributed by atoms with Gasteiger partial charge in [-0.25, -0.2) is 4.98 Å². The van der Waals surface area contributed by atoms with Crippen molar-refractivity contribution in [1.82, 2.24) is 4.98 Å². The van der Waals surface area contributed by atoms with E-state index in [0.717, 1.165) is 23.1 Å². The van der Waals surface area contributed by atoms with Gasteiger partial charge in [0.25, 0.3) is 0 Å². The number of para-hydroxylation sites is 1. The summed E-state index contributed by atoms with van der Waals surface area (Å²) in [5.41, 5.74) is 2.20. The van der Waals surface area contributed by atoms with Crippen molar-refractivity contribution < 1.29 is 5.11 Å². The van der Waals surface area contributed by atoms with Gasteiger partial charge in [-0.15, -0.1) is 0 Å². The van der Waals surface area contributed by atoms with Gasteiger partial charge >= 0.3 is 0 Å². The van der Waals surface area contributed by atoms with Gasteiger partial charge in [-0.2, -0.15) is 0 Å². The summed E-state index contributed by atoms with van der Waals surface area (Å²) in [6.45, 7) is 0.159. The minimum absolute atomic E-state index is 0.129. The molecule has 0 aliphatic carbocycles. The molecule has 0 fully saturated rings. The lowest BCUT2D eigenvalue weighted by Gasteiger charge is -2.04. The van der Waals surface area contributed by atoms with E-state index in [1.165, 1.54) is 5.56 Å². The summed E-state index contributed by atoms with van der Waals surface area (Å²) in [7, 11) is 0. The summed E-state index contributed by atoms with van der Waals surface area (Å²) in [4.78, 5) is 4.53. The molecule has 0 amide bonds. The van der Waals surface area contributed by atoms with E-state index in [0.29, 0.717) is 0 Å². The van der Waals surface area contributed by atoms with E-state index in [1.807, 2.05) is 18.2 Å².